The molecule has 3 rings (SSSR count). The Labute approximate surface area is 115 Å². The topological polar surface area (TPSA) is 12.5 Å². The Morgan fingerprint density at radius 3 is 2.79 bits per heavy atom. The molecule has 0 radical (unpaired) electrons. The van der Waals surface area contributed by atoms with E-state index in [-0.39, 0.29) is 0 Å². The van der Waals surface area contributed by atoms with Crippen LogP contribution in [0.5, 0.6) is 0 Å². The second-order valence-electron chi connectivity index (χ2n) is 5.39. The largest absolute Gasteiger partial charge is 0.298 e. The first-order valence-electron chi connectivity index (χ1n) is 7.11. The van der Waals surface area contributed by atoms with E-state index >= 15 is 0 Å². The summed E-state index contributed by atoms with van der Waals surface area (Å²) in [6.07, 6.45) is 10.4. The van der Waals surface area contributed by atoms with Crippen molar-refractivity contribution in [2.24, 2.45) is 0 Å². The molecule has 2 aliphatic rings. The van der Waals surface area contributed by atoms with Crippen LogP contribution >= 0.6 is 0 Å². The molecule has 0 N–H and O–H groups in total. The average Bonchev–Trinajstić information content (AvgIpc) is 2.82. The molecule has 100 valence electrons. The van der Waals surface area contributed by atoms with Crippen LogP contribution in [0.2, 0.25) is 0 Å². The summed E-state index contributed by atoms with van der Waals surface area (Å²) in [6.45, 7) is 0.794. The summed E-state index contributed by atoms with van der Waals surface area (Å²) in [6, 6.07) is 11.2. The fourth-order valence-electron chi connectivity index (χ4n) is 3.01. The highest BCUT2D eigenvalue weighted by molar-refractivity contribution is 5.27. The molecule has 0 amide bonds. The second kappa shape index (κ2) is 5.72. The van der Waals surface area contributed by atoms with Crippen LogP contribution in [-0.2, 0) is 4.84 Å². The van der Waals surface area contributed by atoms with Gasteiger partial charge in [-0.2, -0.15) is 5.06 Å². The van der Waals surface area contributed by atoms with Crippen LogP contribution in [-0.4, -0.2) is 24.8 Å². The number of nitrogens with zero attached hydrogens (tertiary/aromatic N) is 1. The van der Waals surface area contributed by atoms with Gasteiger partial charge in [0.05, 0.1) is 6.61 Å². The molecule has 19 heavy (non-hydrogen) atoms. The molecule has 0 aromatic heterocycles. The summed E-state index contributed by atoms with van der Waals surface area (Å²) in [4.78, 5) is 5.76. The van der Waals surface area contributed by atoms with Crippen LogP contribution < -0.4 is 0 Å². The van der Waals surface area contributed by atoms with Crippen LogP contribution in [0.15, 0.2) is 54.1 Å². The van der Waals surface area contributed by atoms with Crippen molar-refractivity contribution < 1.29 is 4.84 Å². The number of hydroxylamine groups is 2. The predicted molar refractivity (Wildman–Crippen MR) is 77.8 cm³/mol. The first-order chi connectivity index (χ1) is 9.34. The molecule has 1 aromatic carbocycles. The highest BCUT2D eigenvalue weighted by Gasteiger charge is 2.34. The molecule has 2 nitrogen and oxygen atoms in total. The van der Waals surface area contributed by atoms with E-state index < -0.39 is 0 Å². The maximum Gasteiger partial charge on any atom is 0.0769 e. The van der Waals surface area contributed by atoms with Gasteiger partial charge >= 0.3 is 0 Å². The molecule has 2 atom stereocenters. The van der Waals surface area contributed by atoms with Crippen molar-refractivity contribution in [2.75, 3.05) is 13.7 Å². The maximum absolute atomic E-state index is 5.76. The summed E-state index contributed by atoms with van der Waals surface area (Å²) in [7, 11) is 2.06. The van der Waals surface area contributed by atoms with Gasteiger partial charge < -0.3 is 0 Å². The molecule has 2 unspecified atom stereocenters. The van der Waals surface area contributed by atoms with Crippen molar-refractivity contribution in [3.05, 3.63) is 59.7 Å². The zero-order chi connectivity index (χ0) is 13.1. The molecule has 1 aliphatic carbocycles. The molecule has 1 saturated heterocycles. The van der Waals surface area contributed by atoms with Gasteiger partial charge in [-0.05, 0) is 24.8 Å². The van der Waals surface area contributed by atoms with Gasteiger partial charge in [-0.1, -0.05) is 54.1 Å². The Hall–Kier alpha value is -1.38. The number of hydrogen-bond acceptors (Lipinski definition) is 2. The van der Waals surface area contributed by atoms with Gasteiger partial charge in [-0.15, -0.1) is 0 Å². The molecule has 2 heteroatoms. The summed E-state index contributed by atoms with van der Waals surface area (Å²) < 4.78 is 0. The van der Waals surface area contributed by atoms with E-state index in [9.17, 15) is 0 Å². The Morgan fingerprint density at radius 2 is 2.05 bits per heavy atom. The minimum absolute atomic E-state index is 0.441. The second-order valence-corrected chi connectivity index (χ2v) is 5.39. The fraction of sp³-hybridized carbons (Fsp3) is 0.412. The van der Waals surface area contributed by atoms with Crippen molar-refractivity contribution in [3.8, 4) is 0 Å². The zero-order valence-electron chi connectivity index (χ0n) is 11.5. The van der Waals surface area contributed by atoms with Gasteiger partial charge in [0.15, 0.2) is 0 Å². The molecule has 1 fully saturated rings. The molecular formula is C17H21NO. The van der Waals surface area contributed by atoms with E-state index in [1.54, 1.807) is 0 Å². The SMILES string of the molecule is CN1OCC(c2ccccc2)C1CC1=CCCC=C1. The van der Waals surface area contributed by atoms with E-state index in [1.807, 2.05) is 5.06 Å². The summed E-state index contributed by atoms with van der Waals surface area (Å²) in [5.74, 6) is 0.474. The van der Waals surface area contributed by atoms with Crippen molar-refractivity contribution >= 4 is 0 Å². The first-order valence-corrected chi connectivity index (χ1v) is 7.11. The molecule has 0 bridgehead atoms. The lowest BCUT2D eigenvalue weighted by Crippen LogP contribution is -2.28. The smallest absolute Gasteiger partial charge is 0.0769 e. The number of rotatable bonds is 3. The highest BCUT2D eigenvalue weighted by Crippen LogP contribution is 2.34. The first kappa shape index (κ1) is 12.6. The Bertz CT molecular complexity index is 477. The van der Waals surface area contributed by atoms with Crippen molar-refractivity contribution in [2.45, 2.75) is 31.2 Å². The van der Waals surface area contributed by atoms with Gasteiger partial charge in [0.25, 0.3) is 0 Å². The van der Waals surface area contributed by atoms with E-state index in [0.717, 1.165) is 13.0 Å². The lowest BCUT2D eigenvalue weighted by atomic mass is 9.88. The van der Waals surface area contributed by atoms with E-state index in [1.165, 1.54) is 24.0 Å². The van der Waals surface area contributed by atoms with E-state index in [4.69, 9.17) is 4.84 Å². The van der Waals surface area contributed by atoms with Gasteiger partial charge in [0.2, 0.25) is 0 Å². The van der Waals surface area contributed by atoms with Crippen LogP contribution in [0.25, 0.3) is 0 Å². The van der Waals surface area contributed by atoms with Gasteiger partial charge in [-0.3, -0.25) is 4.84 Å². The Balaban J connectivity index is 1.77. The minimum atomic E-state index is 0.441. The Morgan fingerprint density at radius 1 is 1.21 bits per heavy atom. The maximum atomic E-state index is 5.76. The van der Waals surface area contributed by atoms with E-state index in [2.05, 4.69) is 55.6 Å². The molecule has 0 saturated carbocycles. The van der Waals surface area contributed by atoms with Crippen LogP contribution in [0.4, 0.5) is 0 Å². The standard InChI is InChI=1S/C17H21NO/c1-18-17(12-14-8-4-2-5-9-14)16(13-19-18)15-10-6-3-7-11-15/h3-4,6-11,16-17H,2,5,12-13H2,1H3. The van der Waals surface area contributed by atoms with Gasteiger partial charge in [0.1, 0.15) is 0 Å². The average molecular weight is 255 g/mol. The van der Waals surface area contributed by atoms with Crippen molar-refractivity contribution in [1.29, 1.82) is 0 Å². The Kier molecular flexibility index (Phi) is 3.81. The van der Waals surface area contributed by atoms with E-state index in [0.29, 0.717) is 12.0 Å². The van der Waals surface area contributed by atoms with Crippen LogP contribution in [0.3, 0.4) is 0 Å². The number of allylic oxidation sites excluding steroid dienone is 3. The normalized spacial score (nSPS) is 27.5. The highest BCUT2D eigenvalue weighted by atomic mass is 16.7. The van der Waals surface area contributed by atoms with Gasteiger partial charge in [0, 0.05) is 19.0 Å². The number of likely N-dealkylation sites (N-methyl/N-ethyl adjacent to an activating group) is 1. The van der Waals surface area contributed by atoms with Gasteiger partial charge in [-0.25, -0.2) is 0 Å². The fourth-order valence-corrected chi connectivity index (χ4v) is 3.01. The molecule has 0 spiro atoms. The monoisotopic (exact) mass is 255 g/mol. The van der Waals surface area contributed by atoms with Crippen molar-refractivity contribution in [1.82, 2.24) is 5.06 Å². The van der Waals surface area contributed by atoms with Crippen molar-refractivity contribution in [3.63, 3.8) is 0 Å². The number of benzene rings is 1. The lowest BCUT2D eigenvalue weighted by Gasteiger charge is -2.24. The third kappa shape index (κ3) is 2.80. The lowest BCUT2D eigenvalue weighted by molar-refractivity contribution is -0.109. The van der Waals surface area contributed by atoms with Crippen LogP contribution in [0, 0.1) is 0 Å². The summed E-state index contributed by atoms with van der Waals surface area (Å²) >= 11 is 0. The molecule has 1 aromatic rings. The van der Waals surface area contributed by atoms with Crippen LogP contribution in [0.1, 0.15) is 30.7 Å². The number of hydrogen-bond donors (Lipinski definition) is 0. The minimum Gasteiger partial charge on any atom is -0.298 e. The summed E-state index contributed by atoms with van der Waals surface area (Å²) in [5, 5.41) is 2.04. The zero-order valence-corrected chi connectivity index (χ0v) is 11.5. The quantitative estimate of drug-likeness (QED) is 0.817. The summed E-state index contributed by atoms with van der Waals surface area (Å²) in [5.41, 5.74) is 2.84. The third-order valence-corrected chi connectivity index (χ3v) is 4.13. The molecular weight excluding hydrogens is 234 g/mol. The predicted octanol–water partition coefficient (Wildman–Crippen LogP) is 3.68. The third-order valence-electron chi connectivity index (χ3n) is 4.13. The molecule has 1 heterocycles. The molecule has 1 aliphatic heterocycles.